The maximum atomic E-state index is 13.3. The van der Waals surface area contributed by atoms with Crippen LogP contribution in [0.5, 0.6) is 0 Å². The second-order valence-corrected chi connectivity index (χ2v) is 8.42. The Hall–Kier alpha value is -2.70. The molecule has 0 aliphatic rings. The van der Waals surface area contributed by atoms with Crippen LogP contribution >= 0.6 is 11.3 Å². The molecule has 1 amide bonds. The number of furan rings is 1. The summed E-state index contributed by atoms with van der Waals surface area (Å²) in [6.45, 7) is 5.56. The van der Waals surface area contributed by atoms with Crippen molar-refractivity contribution in [2.75, 3.05) is 32.1 Å². The fourth-order valence-electron chi connectivity index (χ4n) is 3.17. The van der Waals surface area contributed by atoms with Crippen LogP contribution in [-0.4, -0.2) is 38.1 Å². The molecular weight excluding hydrogens is 370 g/mol. The standard InChI is InChI=1S/C22H23N3O2S/c1-14-9-10-19-20(15(14)2)23-22(28-19)25(12-11-24(3)4)21(26)18-13-16-7-5-6-8-17(16)27-18/h5-10,13H,11-12H2,1-4H3/p+1. The molecule has 144 valence electrons. The Morgan fingerprint density at radius 3 is 2.71 bits per heavy atom. The topological polar surface area (TPSA) is 50.8 Å². The summed E-state index contributed by atoms with van der Waals surface area (Å²) >= 11 is 1.55. The molecule has 4 aromatic rings. The first kappa shape index (κ1) is 18.7. The highest BCUT2D eigenvalue weighted by atomic mass is 32.1. The van der Waals surface area contributed by atoms with E-state index in [0.29, 0.717) is 12.3 Å². The van der Waals surface area contributed by atoms with E-state index in [9.17, 15) is 4.79 Å². The third-order valence-corrected chi connectivity index (χ3v) is 6.06. The van der Waals surface area contributed by atoms with Crippen molar-refractivity contribution in [2.45, 2.75) is 13.8 Å². The van der Waals surface area contributed by atoms with E-state index in [0.717, 1.165) is 38.4 Å². The first-order valence-corrected chi connectivity index (χ1v) is 10.2. The van der Waals surface area contributed by atoms with Crippen molar-refractivity contribution in [1.82, 2.24) is 4.98 Å². The SMILES string of the molecule is Cc1ccc2sc(N(CC[NH+](C)C)C(=O)c3cc4ccccc4o3)nc2c1C. The summed E-state index contributed by atoms with van der Waals surface area (Å²) in [5, 5.41) is 1.65. The van der Waals surface area contributed by atoms with Crippen molar-refractivity contribution in [1.29, 1.82) is 0 Å². The number of aryl methyl sites for hydroxylation is 2. The number of fused-ring (bicyclic) bond motifs is 2. The number of anilines is 1. The molecule has 0 saturated heterocycles. The predicted molar refractivity (Wildman–Crippen MR) is 115 cm³/mol. The number of benzene rings is 2. The van der Waals surface area contributed by atoms with E-state index in [1.165, 1.54) is 10.5 Å². The van der Waals surface area contributed by atoms with Gasteiger partial charge in [0.1, 0.15) is 5.58 Å². The van der Waals surface area contributed by atoms with Gasteiger partial charge in [0.05, 0.1) is 37.4 Å². The Bertz CT molecular complexity index is 1130. The highest BCUT2D eigenvalue weighted by molar-refractivity contribution is 7.22. The summed E-state index contributed by atoms with van der Waals surface area (Å²) in [6.07, 6.45) is 0. The lowest BCUT2D eigenvalue weighted by Crippen LogP contribution is -3.06. The number of hydrogen-bond donors (Lipinski definition) is 1. The number of hydrogen-bond acceptors (Lipinski definition) is 4. The molecule has 0 bridgehead atoms. The second-order valence-electron chi connectivity index (χ2n) is 7.41. The molecule has 0 aliphatic heterocycles. The number of thiazole rings is 1. The summed E-state index contributed by atoms with van der Waals surface area (Å²) in [7, 11) is 4.16. The number of rotatable bonds is 5. The van der Waals surface area contributed by atoms with E-state index in [1.807, 2.05) is 30.3 Å². The van der Waals surface area contributed by atoms with Crippen molar-refractivity contribution in [3.63, 3.8) is 0 Å². The summed E-state index contributed by atoms with van der Waals surface area (Å²) < 4.78 is 6.93. The second kappa shape index (κ2) is 7.37. The average Bonchev–Trinajstić information content (AvgIpc) is 3.29. The van der Waals surface area contributed by atoms with E-state index >= 15 is 0 Å². The minimum atomic E-state index is -0.147. The number of amides is 1. The van der Waals surface area contributed by atoms with Gasteiger partial charge in [0, 0.05) is 5.39 Å². The molecule has 0 radical (unpaired) electrons. The van der Waals surface area contributed by atoms with Crippen molar-refractivity contribution in [2.24, 2.45) is 0 Å². The molecule has 0 spiro atoms. The Morgan fingerprint density at radius 1 is 1.18 bits per heavy atom. The number of para-hydroxylation sites is 1. The van der Waals surface area contributed by atoms with Crippen molar-refractivity contribution in [3.05, 3.63) is 59.4 Å². The highest BCUT2D eigenvalue weighted by Gasteiger charge is 2.25. The molecule has 5 nitrogen and oxygen atoms in total. The summed E-state index contributed by atoms with van der Waals surface area (Å²) in [5.74, 6) is 0.202. The Kier molecular flexibility index (Phi) is 4.91. The third-order valence-electron chi connectivity index (χ3n) is 5.02. The van der Waals surface area contributed by atoms with Gasteiger partial charge in [-0.2, -0.15) is 0 Å². The van der Waals surface area contributed by atoms with Gasteiger partial charge in [-0.15, -0.1) is 0 Å². The predicted octanol–water partition coefficient (Wildman–Crippen LogP) is 3.45. The normalized spacial score (nSPS) is 11.6. The van der Waals surface area contributed by atoms with Crippen LogP contribution in [0.3, 0.4) is 0 Å². The summed E-state index contributed by atoms with van der Waals surface area (Å²) in [5.41, 5.74) is 4.06. The molecule has 1 N–H and O–H groups in total. The molecule has 0 atom stereocenters. The number of aromatic nitrogens is 1. The van der Waals surface area contributed by atoms with E-state index in [2.05, 4.69) is 40.1 Å². The molecule has 0 fully saturated rings. The van der Waals surface area contributed by atoms with E-state index < -0.39 is 0 Å². The van der Waals surface area contributed by atoms with Gasteiger partial charge in [-0.1, -0.05) is 35.6 Å². The van der Waals surface area contributed by atoms with Crippen LogP contribution in [0.2, 0.25) is 0 Å². The lowest BCUT2D eigenvalue weighted by molar-refractivity contribution is -0.856. The quantitative estimate of drug-likeness (QED) is 0.564. The lowest BCUT2D eigenvalue weighted by atomic mass is 10.1. The number of carbonyl (C=O) groups is 1. The van der Waals surface area contributed by atoms with Crippen molar-refractivity contribution in [3.8, 4) is 0 Å². The highest BCUT2D eigenvalue weighted by Crippen LogP contribution is 2.33. The molecule has 2 aromatic carbocycles. The van der Waals surface area contributed by atoms with E-state index in [-0.39, 0.29) is 5.91 Å². The van der Waals surface area contributed by atoms with Crippen LogP contribution in [0, 0.1) is 13.8 Å². The van der Waals surface area contributed by atoms with Gasteiger partial charge in [-0.25, -0.2) is 4.98 Å². The number of nitrogens with zero attached hydrogens (tertiary/aromatic N) is 2. The van der Waals surface area contributed by atoms with Crippen molar-refractivity contribution >= 4 is 43.6 Å². The fourth-order valence-corrected chi connectivity index (χ4v) is 4.22. The first-order chi connectivity index (χ1) is 13.4. The van der Waals surface area contributed by atoms with Crippen LogP contribution < -0.4 is 9.80 Å². The van der Waals surface area contributed by atoms with Gasteiger partial charge in [0.2, 0.25) is 0 Å². The zero-order valence-corrected chi connectivity index (χ0v) is 17.4. The minimum absolute atomic E-state index is 0.147. The maximum absolute atomic E-state index is 13.3. The Morgan fingerprint density at radius 2 is 1.96 bits per heavy atom. The van der Waals surface area contributed by atoms with Crippen LogP contribution in [-0.2, 0) is 0 Å². The Balaban J connectivity index is 1.76. The third kappa shape index (κ3) is 3.41. The number of likely N-dealkylation sites (N-methyl/N-ethyl adjacent to an activating group) is 1. The first-order valence-electron chi connectivity index (χ1n) is 9.40. The van der Waals surface area contributed by atoms with Gasteiger partial charge in [0.15, 0.2) is 10.9 Å². The van der Waals surface area contributed by atoms with E-state index in [4.69, 9.17) is 9.40 Å². The van der Waals surface area contributed by atoms with Crippen LogP contribution in [0.15, 0.2) is 46.9 Å². The maximum Gasteiger partial charge on any atom is 0.296 e. The monoisotopic (exact) mass is 394 g/mol. The molecule has 2 heterocycles. The number of carbonyl (C=O) groups excluding carboxylic acids is 1. The Labute approximate surface area is 168 Å². The van der Waals surface area contributed by atoms with Gasteiger partial charge < -0.3 is 9.32 Å². The van der Waals surface area contributed by atoms with Crippen LogP contribution in [0.1, 0.15) is 21.7 Å². The van der Waals surface area contributed by atoms with Gasteiger partial charge in [0.25, 0.3) is 5.91 Å². The molecule has 4 rings (SSSR count). The minimum Gasteiger partial charge on any atom is -0.451 e. The molecule has 6 heteroatoms. The molecule has 0 unspecified atom stereocenters. The fraction of sp³-hybridized carbons (Fsp3) is 0.273. The van der Waals surface area contributed by atoms with Gasteiger partial charge in [-0.05, 0) is 43.2 Å². The number of quaternary nitrogens is 1. The molecule has 0 aliphatic carbocycles. The van der Waals surface area contributed by atoms with E-state index in [1.54, 1.807) is 16.2 Å². The largest absolute Gasteiger partial charge is 0.451 e. The van der Waals surface area contributed by atoms with Crippen molar-refractivity contribution < 1.29 is 14.1 Å². The van der Waals surface area contributed by atoms with Gasteiger partial charge >= 0.3 is 0 Å². The lowest BCUT2D eigenvalue weighted by Gasteiger charge is -2.19. The average molecular weight is 395 g/mol. The molecular formula is C22H24N3O2S+. The molecule has 2 aromatic heterocycles. The van der Waals surface area contributed by atoms with Gasteiger partial charge in [-0.3, -0.25) is 9.69 Å². The molecule has 28 heavy (non-hydrogen) atoms. The van der Waals surface area contributed by atoms with Crippen LogP contribution in [0.25, 0.3) is 21.2 Å². The summed E-state index contributed by atoms with van der Waals surface area (Å²) in [4.78, 5) is 21.2. The number of nitrogens with one attached hydrogen (secondary N) is 1. The van der Waals surface area contributed by atoms with Crippen LogP contribution in [0.4, 0.5) is 5.13 Å². The molecule has 0 saturated carbocycles. The smallest absolute Gasteiger partial charge is 0.296 e. The zero-order chi connectivity index (χ0) is 19.8. The zero-order valence-electron chi connectivity index (χ0n) is 16.6. The summed E-state index contributed by atoms with van der Waals surface area (Å²) in [6, 6.07) is 13.7.